The molecule has 2 aromatic carbocycles. The summed E-state index contributed by atoms with van der Waals surface area (Å²) in [5.41, 5.74) is 1.23. The maximum Gasteiger partial charge on any atom is 0.352 e. The van der Waals surface area contributed by atoms with Gasteiger partial charge in [-0.2, -0.15) is 0 Å². The lowest BCUT2D eigenvalue weighted by Gasteiger charge is -2.04. The second-order valence-electron chi connectivity index (χ2n) is 5.58. The number of aromatic amines is 1. The van der Waals surface area contributed by atoms with E-state index in [4.69, 9.17) is 27.9 Å². The molecule has 3 N–H and O–H groups in total. The molecule has 8 heteroatoms. The Bertz CT molecular complexity index is 1070. The first-order valence-electron chi connectivity index (χ1n) is 7.76. The van der Waals surface area contributed by atoms with Crippen LogP contribution in [0.15, 0.2) is 42.5 Å². The number of hydrogen-bond donors (Lipinski definition) is 3. The van der Waals surface area contributed by atoms with E-state index in [0.29, 0.717) is 32.9 Å². The van der Waals surface area contributed by atoms with Gasteiger partial charge in [-0.3, -0.25) is 4.79 Å². The van der Waals surface area contributed by atoms with Crippen molar-refractivity contribution < 1.29 is 19.4 Å². The number of methoxy groups -OCH3 is 1. The van der Waals surface area contributed by atoms with Gasteiger partial charge in [-0.15, -0.1) is 0 Å². The number of nitrogens with one attached hydrogen (secondary N) is 2. The summed E-state index contributed by atoms with van der Waals surface area (Å²) in [5.74, 6) is -1.00. The van der Waals surface area contributed by atoms with Crippen molar-refractivity contribution in [2.75, 3.05) is 12.4 Å². The number of carboxylic acid groups (broad SMARTS) is 1. The molecule has 0 unspecified atom stereocenters. The molecule has 0 fully saturated rings. The maximum absolute atomic E-state index is 12.2. The van der Waals surface area contributed by atoms with Crippen LogP contribution >= 0.6 is 23.2 Å². The highest BCUT2D eigenvalue weighted by atomic mass is 35.5. The van der Waals surface area contributed by atoms with E-state index in [9.17, 15) is 14.7 Å². The van der Waals surface area contributed by atoms with Crippen LogP contribution in [0.3, 0.4) is 0 Å². The SMILES string of the molecule is [11CH3]Oc1cccc(NC(=O)/C=C/c2c(C(=O)O)[nH]c3cc(Cl)cc(Cl)c23)c1. The van der Waals surface area contributed by atoms with Gasteiger partial charge in [0.05, 0.1) is 12.1 Å². The molecule has 0 aliphatic rings. The Hall–Kier alpha value is -2.96. The number of carboxylic acids is 1. The third-order valence-corrected chi connectivity index (χ3v) is 4.32. The van der Waals surface area contributed by atoms with Gasteiger partial charge in [-0.25, -0.2) is 4.79 Å². The fourth-order valence-corrected chi connectivity index (χ4v) is 3.25. The van der Waals surface area contributed by atoms with E-state index < -0.39 is 11.9 Å². The summed E-state index contributed by atoms with van der Waals surface area (Å²) in [4.78, 5) is 26.5. The number of carbonyl (C=O) groups excluding carboxylic acids is 1. The molecule has 1 aromatic heterocycles. The molecule has 27 heavy (non-hydrogen) atoms. The minimum Gasteiger partial charge on any atom is -0.497 e. The lowest BCUT2D eigenvalue weighted by Crippen LogP contribution is -2.08. The first-order chi connectivity index (χ1) is 12.9. The summed E-state index contributed by atoms with van der Waals surface area (Å²) in [6.45, 7) is 0. The molecule has 0 atom stereocenters. The second kappa shape index (κ2) is 7.73. The molecule has 0 saturated carbocycles. The highest BCUT2D eigenvalue weighted by molar-refractivity contribution is 6.39. The number of benzene rings is 2. The van der Waals surface area contributed by atoms with Crippen LogP contribution in [-0.4, -0.2) is 29.1 Å². The summed E-state index contributed by atoms with van der Waals surface area (Å²) in [6.07, 6.45) is 2.64. The van der Waals surface area contributed by atoms with Crippen LogP contribution in [0.5, 0.6) is 5.75 Å². The molecule has 3 rings (SSSR count). The summed E-state index contributed by atoms with van der Waals surface area (Å²) < 4.78 is 5.10. The number of anilines is 1. The zero-order valence-electron chi connectivity index (χ0n) is 14.0. The normalized spacial score (nSPS) is 11.1. The highest BCUT2D eigenvalue weighted by Gasteiger charge is 2.18. The van der Waals surface area contributed by atoms with Gasteiger partial charge in [0.25, 0.3) is 0 Å². The third-order valence-electron chi connectivity index (χ3n) is 3.81. The third kappa shape index (κ3) is 4.07. The molecule has 0 bridgehead atoms. The molecule has 6 nitrogen and oxygen atoms in total. The monoisotopic (exact) mass is 403 g/mol. The van der Waals surface area contributed by atoms with E-state index in [1.807, 2.05) is 0 Å². The number of hydrogen-bond acceptors (Lipinski definition) is 3. The molecule has 0 radical (unpaired) electrons. The van der Waals surface area contributed by atoms with Crippen LogP contribution in [0.1, 0.15) is 16.1 Å². The van der Waals surface area contributed by atoms with Crippen LogP contribution in [0.4, 0.5) is 5.69 Å². The molecule has 0 spiro atoms. The minimum atomic E-state index is -1.17. The molecule has 0 aliphatic carbocycles. The number of carbonyl (C=O) groups is 2. The first-order valence-corrected chi connectivity index (χ1v) is 8.51. The number of H-pyrrole nitrogens is 1. The van der Waals surface area contributed by atoms with Gasteiger partial charge in [0, 0.05) is 39.3 Å². The van der Waals surface area contributed by atoms with E-state index in [0.717, 1.165) is 0 Å². The van der Waals surface area contributed by atoms with Gasteiger partial charge in [0.1, 0.15) is 11.4 Å². The van der Waals surface area contributed by atoms with Gasteiger partial charge >= 0.3 is 5.97 Å². The van der Waals surface area contributed by atoms with Crippen molar-refractivity contribution in [2.45, 2.75) is 0 Å². The summed E-state index contributed by atoms with van der Waals surface area (Å²) in [5, 5.41) is 13.2. The number of ether oxygens (including phenoxy) is 1. The number of halogens is 2. The van der Waals surface area contributed by atoms with E-state index in [1.54, 1.807) is 30.3 Å². The fraction of sp³-hybridized carbons (Fsp3) is 0.0526. The Morgan fingerprint density at radius 3 is 2.70 bits per heavy atom. The zero-order chi connectivity index (χ0) is 19.6. The summed E-state index contributed by atoms with van der Waals surface area (Å²) >= 11 is 12.2. The molecule has 0 aliphatic heterocycles. The van der Waals surface area contributed by atoms with Crippen LogP contribution in [-0.2, 0) is 4.79 Å². The van der Waals surface area contributed by atoms with Gasteiger partial charge < -0.3 is 20.1 Å². The molecular weight excluding hydrogens is 390 g/mol. The standard InChI is InChI=1S/C19H14Cl2N2O4/c1-27-12-4-2-3-11(9-12)22-16(24)6-5-13-17-14(21)7-10(20)8-15(17)23-18(13)19(25)26/h2-9,23H,1H3,(H,22,24)(H,25,26)/b6-5+/i1-1. The van der Waals surface area contributed by atoms with Crippen LogP contribution in [0.25, 0.3) is 17.0 Å². The van der Waals surface area contributed by atoms with E-state index in [-0.39, 0.29) is 10.7 Å². The Balaban J connectivity index is 1.94. The van der Waals surface area contributed by atoms with E-state index >= 15 is 0 Å². The number of rotatable bonds is 5. The predicted molar refractivity (Wildman–Crippen MR) is 106 cm³/mol. The maximum atomic E-state index is 12.2. The van der Waals surface area contributed by atoms with Crippen molar-refractivity contribution in [3.63, 3.8) is 0 Å². The number of fused-ring (bicyclic) bond motifs is 1. The van der Waals surface area contributed by atoms with E-state index in [1.165, 1.54) is 25.3 Å². The Labute approximate surface area is 164 Å². The largest absolute Gasteiger partial charge is 0.497 e. The van der Waals surface area contributed by atoms with Crippen LogP contribution in [0, 0.1) is 0 Å². The molecule has 1 amide bonds. The van der Waals surface area contributed by atoms with Gasteiger partial charge in [0.15, 0.2) is 0 Å². The average molecular weight is 404 g/mol. The number of aromatic nitrogens is 1. The fourth-order valence-electron chi connectivity index (χ4n) is 2.65. The lowest BCUT2D eigenvalue weighted by atomic mass is 10.1. The molecule has 138 valence electrons. The topological polar surface area (TPSA) is 91.4 Å². The van der Waals surface area contributed by atoms with Crippen molar-refractivity contribution >= 4 is 57.7 Å². The molecular formula is C19H14Cl2N2O4. The smallest absolute Gasteiger partial charge is 0.352 e. The molecule has 1 heterocycles. The quantitative estimate of drug-likeness (QED) is 0.531. The lowest BCUT2D eigenvalue weighted by molar-refractivity contribution is -0.111. The van der Waals surface area contributed by atoms with Gasteiger partial charge in [0.2, 0.25) is 5.91 Å². The van der Waals surface area contributed by atoms with Crippen molar-refractivity contribution in [3.05, 3.63) is 63.8 Å². The zero-order valence-corrected chi connectivity index (χ0v) is 15.6. The van der Waals surface area contributed by atoms with Crippen LogP contribution in [0.2, 0.25) is 10.0 Å². The average Bonchev–Trinajstić information content (AvgIpc) is 2.99. The number of amides is 1. The molecule has 3 aromatic rings. The van der Waals surface area contributed by atoms with Crippen molar-refractivity contribution in [3.8, 4) is 5.75 Å². The Kier molecular flexibility index (Phi) is 5.39. The van der Waals surface area contributed by atoms with Gasteiger partial charge in [-0.1, -0.05) is 29.3 Å². The second-order valence-corrected chi connectivity index (χ2v) is 6.43. The van der Waals surface area contributed by atoms with Crippen molar-refractivity contribution in [1.82, 2.24) is 4.98 Å². The Morgan fingerprint density at radius 1 is 1.22 bits per heavy atom. The van der Waals surface area contributed by atoms with Gasteiger partial charge in [-0.05, 0) is 30.3 Å². The van der Waals surface area contributed by atoms with E-state index in [2.05, 4.69) is 10.3 Å². The minimum absolute atomic E-state index is 0.0837. The highest BCUT2D eigenvalue weighted by Crippen LogP contribution is 2.33. The molecule has 0 saturated heterocycles. The van der Waals surface area contributed by atoms with Crippen LogP contribution < -0.4 is 10.1 Å². The predicted octanol–water partition coefficient (Wildman–Crippen LogP) is 4.83. The first kappa shape index (κ1) is 18.8. The summed E-state index contributed by atoms with van der Waals surface area (Å²) in [7, 11) is 1.53. The summed E-state index contributed by atoms with van der Waals surface area (Å²) in [6, 6.07) is 9.95. The van der Waals surface area contributed by atoms with Crippen molar-refractivity contribution in [2.24, 2.45) is 0 Å². The Morgan fingerprint density at radius 2 is 2.00 bits per heavy atom. The van der Waals surface area contributed by atoms with Crippen molar-refractivity contribution in [1.29, 1.82) is 0 Å². The number of aromatic carboxylic acids is 1.